The van der Waals surface area contributed by atoms with Crippen LogP contribution in [0.3, 0.4) is 0 Å². The molecule has 0 radical (unpaired) electrons. The topological polar surface area (TPSA) is 32.3 Å². The lowest BCUT2D eigenvalue weighted by molar-refractivity contribution is -0.116. The van der Waals surface area contributed by atoms with E-state index in [1.807, 2.05) is 13.8 Å². The minimum absolute atomic E-state index is 0.201. The molecule has 0 fully saturated rings. The quantitative estimate of drug-likeness (QED) is 0.848. The van der Waals surface area contributed by atoms with Crippen LogP contribution in [0, 0.1) is 11.6 Å². The van der Waals surface area contributed by atoms with E-state index in [1.165, 1.54) is 6.07 Å². The van der Waals surface area contributed by atoms with Gasteiger partial charge < -0.3 is 10.2 Å². The molecule has 3 nitrogen and oxygen atoms in total. The molecule has 18 heavy (non-hydrogen) atoms. The van der Waals surface area contributed by atoms with Gasteiger partial charge in [0.05, 0.1) is 0 Å². The molecule has 0 aliphatic rings. The number of anilines is 1. The normalized spacial score (nSPS) is 10.7. The second kappa shape index (κ2) is 7.06. The van der Waals surface area contributed by atoms with Gasteiger partial charge in [-0.1, -0.05) is 13.8 Å². The van der Waals surface area contributed by atoms with Crippen LogP contribution in [0.4, 0.5) is 14.5 Å². The summed E-state index contributed by atoms with van der Waals surface area (Å²) in [5, 5.41) is 2.54. The van der Waals surface area contributed by atoms with Crippen LogP contribution in [0.5, 0.6) is 0 Å². The van der Waals surface area contributed by atoms with Gasteiger partial charge in [0.15, 0.2) is 11.6 Å². The Hall–Kier alpha value is -1.49. The van der Waals surface area contributed by atoms with Gasteiger partial charge in [-0.15, -0.1) is 0 Å². The van der Waals surface area contributed by atoms with Crippen LogP contribution in [-0.2, 0) is 4.79 Å². The van der Waals surface area contributed by atoms with Crippen LogP contribution in [0.15, 0.2) is 18.2 Å². The van der Waals surface area contributed by atoms with E-state index in [0.29, 0.717) is 13.0 Å². The van der Waals surface area contributed by atoms with E-state index in [0.717, 1.165) is 25.2 Å². The van der Waals surface area contributed by atoms with Crippen molar-refractivity contribution >= 4 is 11.6 Å². The molecule has 1 N–H and O–H groups in total. The fourth-order valence-corrected chi connectivity index (χ4v) is 1.60. The van der Waals surface area contributed by atoms with E-state index in [4.69, 9.17) is 0 Å². The molecule has 0 heterocycles. The van der Waals surface area contributed by atoms with Crippen LogP contribution in [0.1, 0.15) is 20.3 Å². The zero-order valence-corrected chi connectivity index (χ0v) is 10.7. The van der Waals surface area contributed by atoms with Crippen molar-refractivity contribution in [1.82, 2.24) is 4.90 Å². The van der Waals surface area contributed by atoms with E-state index in [1.54, 1.807) is 0 Å². The molecule has 5 heteroatoms. The maximum atomic E-state index is 12.9. The molecule has 0 saturated carbocycles. The van der Waals surface area contributed by atoms with Crippen LogP contribution in [0.2, 0.25) is 0 Å². The van der Waals surface area contributed by atoms with E-state index in [9.17, 15) is 13.6 Å². The summed E-state index contributed by atoms with van der Waals surface area (Å²) in [5.74, 6) is -2.08. The Morgan fingerprint density at radius 1 is 1.22 bits per heavy atom. The molecule has 1 amide bonds. The Morgan fingerprint density at radius 3 is 2.44 bits per heavy atom. The molecule has 0 saturated heterocycles. The highest BCUT2D eigenvalue weighted by atomic mass is 19.2. The lowest BCUT2D eigenvalue weighted by Crippen LogP contribution is -2.27. The van der Waals surface area contributed by atoms with Gasteiger partial charge in [-0.05, 0) is 25.2 Å². The van der Waals surface area contributed by atoms with Gasteiger partial charge in [-0.2, -0.15) is 0 Å². The van der Waals surface area contributed by atoms with Gasteiger partial charge in [0.25, 0.3) is 0 Å². The monoisotopic (exact) mass is 256 g/mol. The average molecular weight is 256 g/mol. The second-order valence-electron chi connectivity index (χ2n) is 3.95. The van der Waals surface area contributed by atoms with E-state index in [-0.39, 0.29) is 11.6 Å². The molecular formula is C13H18F2N2O. The third kappa shape index (κ3) is 4.41. The summed E-state index contributed by atoms with van der Waals surface area (Å²) in [7, 11) is 0. The van der Waals surface area contributed by atoms with Gasteiger partial charge in [-0.3, -0.25) is 4.79 Å². The largest absolute Gasteiger partial charge is 0.326 e. The number of halogens is 2. The Balaban J connectivity index is 2.46. The Morgan fingerprint density at radius 2 is 1.89 bits per heavy atom. The van der Waals surface area contributed by atoms with E-state index >= 15 is 0 Å². The van der Waals surface area contributed by atoms with Gasteiger partial charge in [0.2, 0.25) is 5.91 Å². The first kappa shape index (κ1) is 14.6. The highest BCUT2D eigenvalue weighted by molar-refractivity contribution is 5.90. The number of hydrogen-bond acceptors (Lipinski definition) is 2. The first-order valence-corrected chi connectivity index (χ1v) is 6.04. The number of carbonyl (C=O) groups is 1. The van der Waals surface area contributed by atoms with Crippen molar-refractivity contribution in [3.8, 4) is 0 Å². The second-order valence-corrected chi connectivity index (χ2v) is 3.95. The van der Waals surface area contributed by atoms with Gasteiger partial charge in [0, 0.05) is 24.7 Å². The molecule has 0 bridgehead atoms. The number of rotatable bonds is 6. The summed E-state index contributed by atoms with van der Waals surface area (Å²) < 4.78 is 25.6. The third-order valence-corrected chi connectivity index (χ3v) is 2.75. The van der Waals surface area contributed by atoms with Crippen molar-refractivity contribution < 1.29 is 13.6 Å². The summed E-state index contributed by atoms with van der Waals surface area (Å²) in [4.78, 5) is 13.7. The lowest BCUT2D eigenvalue weighted by atomic mass is 10.3. The molecule has 100 valence electrons. The predicted octanol–water partition coefficient (Wildman–Crippen LogP) is 2.64. The van der Waals surface area contributed by atoms with E-state index < -0.39 is 11.6 Å². The number of carbonyl (C=O) groups excluding carboxylic acids is 1. The van der Waals surface area contributed by atoms with Crippen LogP contribution in [0.25, 0.3) is 0 Å². The summed E-state index contributed by atoms with van der Waals surface area (Å²) in [6.45, 7) is 6.47. The predicted molar refractivity (Wildman–Crippen MR) is 67.4 cm³/mol. The number of amides is 1. The van der Waals surface area contributed by atoms with Crippen molar-refractivity contribution in [2.45, 2.75) is 20.3 Å². The highest BCUT2D eigenvalue weighted by Gasteiger charge is 2.07. The van der Waals surface area contributed by atoms with Crippen LogP contribution >= 0.6 is 0 Å². The first-order chi connectivity index (χ1) is 8.56. The summed E-state index contributed by atoms with van der Waals surface area (Å²) in [6, 6.07) is 3.31. The highest BCUT2D eigenvalue weighted by Crippen LogP contribution is 2.13. The average Bonchev–Trinajstić information content (AvgIpc) is 2.35. The fraction of sp³-hybridized carbons (Fsp3) is 0.462. The zero-order valence-electron chi connectivity index (χ0n) is 10.7. The molecule has 1 aromatic carbocycles. The molecule has 0 aliphatic carbocycles. The fourth-order valence-electron chi connectivity index (χ4n) is 1.60. The molecule has 1 aromatic rings. The lowest BCUT2D eigenvalue weighted by Gasteiger charge is -2.17. The minimum Gasteiger partial charge on any atom is -0.326 e. The molecular weight excluding hydrogens is 238 g/mol. The molecule has 0 aromatic heterocycles. The standard InChI is InChI=1S/C13H18F2N2O/c1-3-17(4-2)8-7-13(18)16-10-5-6-11(14)12(15)9-10/h5-6,9H,3-4,7-8H2,1-2H3,(H,16,18). The van der Waals surface area contributed by atoms with Crippen molar-refractivity contribution in [3.63, 3.8) is 0 Å². The summed E-state index contributed by atoms with van der Waals surface area (Å²) in [5.41, 5.74) is 0.276. The molecule has 0 spiro atoms. The van der Waals surface area contributed by atoms with Crippen molar-refractivity contribution in [1.29, 1.82) is 0 Å². The Bertz CT molecular complexity index is 406. The first-order valence-electron chi connectivity index (χ1n) is 6.04. The molecule has 1 rings (SSSR count). The van der Waals surface area contributed by atoms with E-state index in [2.05, 4.69) is 10.2 Å². The Labute approximate surface area is 106 Å². The number of nitrogens with one attached hydrogen (secondary N) is 1. The number of hydrogen-bond donors (Lipinski definition) is 1. The van der Waals surface area contributed by atoms with Crippen molar-refractivity contribution in [2.75, 3.05) is 25.0 Å². The van der Waals surface area contributed by atoms with Crippen molar-refractivity contribution in [3.05, 3.63) is 29.8 Å². The van der Waals surface area contributed by atoms with Gasteiger partial charge in [-0.25, -0.2) is 8.78 Å². The number of nitrogens with zero attached hydrogens (tertiary/aromatic N) is 1. The SMILES string of the molecule is CCN(CC)CCC(=O)Nc1ccc(F)c(F)c1. The summed E-state index contributed by atoms with van der Waals surface area (Å²) >= 11 is 0. The molecule has 0 unspecified atom stereocenters. The smallest absolute Gasteiger partial charge is 0.225 e. The molecule has 0 aliphatic heterocycles. The minimum atomic E-state index is -0.962. The summed E-state index contributed by atoms with van der Waals surface area (Å²) in [6.07, 6.45) is 0.334. The van der Waals surface area contributed by atoms with Crippen LogP contribution < -0.4 is 5.32 Å². The van der Waals surface area contributed by atoms with Gasteiger partial charge in [0.1, 0.15) is 0 Å². The van der Waals surface area contributed by atoms with Gasteiger partial charge >= 0.3 is 0 Å². The van der Waals surface area contributed by atoms with Crippen LogP contribution in [-0.4, -0.2) is 30.4 Å². The maximum absolute atomic E-state index is 12.9. The number of benzene rings is 1. The van der Waals surface area contributed by atoms with Crippen molar-refractivity contribution in [2.24, 2.45) is 0 Å². The molecule has 0 atom stereocenters. The Kier molecular flexibility index (Phi) is 5.71. The maximum Gasteiger partial charge on any atom is 0.225 e. The third-order valence-electron chi connectivity index (χ3n) is 2.75. The zero-order chi connectivity index (χ0) is 13.5.